The van der Waals surface area contributed by atoms with Crippen molar-refractivity contribution in [1.29, 1.82) is 0 Å². The number of methoxy groups -OCH3 is 1. The third-order valence-corrected chi connectivity index (χ3v) is 5.62. The number of rotatable bonds is 7. The highest BCUT2D eigenvalue weighted by molar-refractivity contribution is 5.94. The van der Waals surface area contributed by atoms with Crippen LogP contribution >= 0.6 is 0 Å². The van der Waals surface area contributed by atoms with Crippen LogP contribution in [0.2, 0.25) is 0 Å². The van der Waals surface area contributed by atoms with Crippen LogP contribution in [-0.4, -0.2) is 31.3 Å². The van der Waals surface area contributed by atoms with Crippen molar-refractivity contribution in [2.75, 3.05) is 13.7 Å². The second kappa shape index (κ2) is 8.98. The maximum absolute atomic E-state index is 13.1. The number of carbonyl (C=O) groups excluding carboxylic acids is 1. The van der Waals surface area contributed by atoms with Gasteiger partial charge in [0.25, 0.3) is 5.91 Å². The summed E-state index contributed by atoms with van der Waals surface area (Å²) in [5, 5.41) is 2.84. The fourth-order valence-corrected chi connectivity index (χ4v) is 3.85. The van der Waals surface area contributed by atoms with Crippen LogP contribution in [0.5, 0.6) is 11.5 Å². The molecule has 1 saturated carbocycles. The Morgan fingerprint density at radius 1 is 1.19 bits per heavy atom. The van der Waals surface area contributed by atoms with Gasteiger partial charge in [-0.25, -0.2) is 4.39 Å². The van der Waals surface area contributed by atoms with Crippen molar-refractivity contribution in [2.45, 2.75) is 44.3 Å². The number of ether oxygens (including phenoxy) is 2. The second-order valence-corrected chi connectivity index (χ2v) is 8.15. The fraction of sp³-hybridized carbons (Fsp3) is 0.375. The van der Waals surface area contributed by atoms with Gasteiger partial charge >= 0.3 is 0 Å². The molecule has 6 nitrogen and oxygen atoms in total. The Balaban J connectivity index is 1.45. The Hall–Kier alpha value is -3.06. The normalized spacial score (nSPS) is 20.8. The molecule has 0 radical (unpaired) electrons. The molecule has 2 N–H and O–H groups in total. The predicted molar refractivity (Wildman–Crippen MR) is 115 cm³/mol. The molecule has 2 aliphatic rings. The maximum Gasteiger partial charge on any atom is 0.251 e. The van der Waals surface area contributed by atoms with Gasteiger partial charge < -0.3 is 14.8 Å². The number of benzene rings is 2. The zero-order valence-electron chi connectivity index (χ0n) is 17.7. The number of hydrogen-bond acceptors (Lipinski definition) is 5. The van der Waals surface area contributed by atoms with Gasteiger partial charge in [0.05, 0.1) is 25.5 Å². The molecule has 1 aliphatic heterocycles. The minimum Gasteiger partial charge on any atom is -0.493 e. The number of carbonyl (C=O) groups is 1. The summed E-state index contributed by atoms with van der Waals surface area (Å²) in [6, 6.07) is 11.2. The van der Waals surface area contributed by atoms with E-state index in [9.17, 15) is 9.18 Å². The molecule has 1 aliphatic carbocycles. The summed E-state index contributed by atoms with van der Waals surface area (Å²) in [7, 11) is 1.63. The zero-order valence-corrected chi connectivity index (χ0v) is 17.7. The van der Waals surface area contributed by atoms with E-state index in [1.807, 2.05) is 31.2 Å². The molecule has 164 valence electrons. The smallest absolute Gasteiger partial charge is 0.251 e. The zero-order chi connectivity index (χ0) is 21.8. The molecule has 0 saturated heterocycles. The van der Waals surface area contributed by atoms with Gasteiger partial charge in [0.1, 0.15) is 11.4 Å². The first-order valence-corrected chi connectivity index (χ1v) is 10.5. The van der Waals surface area contributed by atoms with E-state index in [4.69, 9.17) is 14.3 Å². The first kappa shape index (κ1) is 21.2. The van der Waals surface area contributed by atoms with Crippen LogP contribution in [0, 0.1) is 5.82 Å². The Labute approximate surface area is 181 Å². The minimum absolute atomic E-state index is 0.220. The summed E-state index contributed by atoms with van der Waals surface area (Å²) in [6.07, 6.45) is 6.65. The lowest BCUT2D eigenvalue weighted by molar-refractivity contribution is -0.0194. The van der Waals surface area contributed by atoms with Gasteiger partial charge in [-0.3, -0.25) is 15.1 Å². The van der Waals surface area contributed by atoms with Crippen LogP contribution in [0.15, 0.2) is 48.5 Å². The summed E-state index contributed by atoms with van der Waals surface area (Å²) in [6.45, 7) is 2.12. The van der Waals surface area contributed by atoms with Crippen LogP contribution in [0.4, 0.5) is 4.39 Å². The Morgan fingerprint density at radius 2 is 1.94 bits per heavy atom. The molecule has 0 bridgehead atoms. The van der Waals surface area contributed by atoms with Gasteiger partial charge in [-0.2, -0.15) is 0 Å². The van der Waals surface area contributed by atoms with E-state index in [1.54, 1.807) is 7.11 Å². The van der Waals surface area contributed by atoms with Crippen molar-refractivity contribution >= 4 is 11.6 Å². The molecule has 0 spiro atoms. The molecule has 1 atom stereocenters. The minimum atomic E-state index is -0.739. The highest BCUT2D eigenvalue weighted by atomic mass is 19.1. The number of amides is 1. The van der Waals surface area contributed by atoms with Gasteiger partial charge in [0.15, 0.2) is 11.5 Å². The monoisotopic (exact) mass is 426 g/mol. The third-order valence-electron chi connectivity index (χ3n) is 5.62. The van der Waals surface area contributed by atoms with Gasteiger partial charge in [0.2, 0.25) is 0 Å². The van der Waals surface area contributed by atoms with E-state index in [0.717, 1.165) is 24.1 Å². The fourth-order valence-electron chi connectivity index (χ4n) is 3.85. The topological polar surface area (TPSA) is 68.8 Å². The van der Waals surface area contributed by atoms with Gasteiger partial charge in [-0.15, -0.1) is 0 Å². The van der Waals surface area contributed by atoms with Gasteiger partial charge in [-0.1, -0.05) is 0 Å². The van der Waals surface area contributed by atoms with Crippen molar-refractivity contribution in [3.05, 3.63) is 65.5 Å². The number of nitrogens with one attached hydrogen (secondary N) is 2. The van der Waals surface area contributed by atoms with Crippen molar-refractivity contribution in [1.82, 2.24) is 10.8 Å². The largest absolute Gasteiger partial charge is 0.493 e. The van der Waals surface area contributed by atoms with Crippen molar-refractivity contribution in [3.63, 3.8) is 0 Å². The highest BCUT2D eigenvalue weighted by Gasteiger charge is 2.31. The molecule has 7 heteroatoms. The van der Waals surface area contributed by atoms with Crippen LogP contribution in [0.3, 0.4) is 0 Å². The van der Waals surface area contributed by atoms with E-state index in [1.165, 1.54) is 37.1 Å². The Morgan fingerprint density at radius 3 is 2.65 bits per heavy atom. The predicted octanol–water partition coefficient (Wildman–Crippen LogP) is 4.22. The number of halogens is 1. The molecule has 4 rings (SSSR count). The number of hydroxylamine groups is 1. The highest BCUT2D eigenvalue weighted by Crippen LogP contribution is 2.35. The van der Waals surface area contributed by atoms with Crippen molar-refractivity contribution in [3.8, 4) is 11.5 Å². The molecule has 2 aromatic rings. The lowest BCUT2D eigenvalue weighted by Crippen LogP contribution is -2.40. The van der Waals surface area contributed by atoms with Crippen molar-refractivity contribution in [2.24, 2.45) is 0 Å². The van der Waals surface area contributed by atoms with E-state index in [2.05, 4.69) is 10.8 Å². The SMILES string of the molecule is COc1ccc(C2=CC(C)(CNC(=O)c3ccc(F)cc3)ON2)cc1OC1CCCC1. The standard InChI is InChI=1S/C24H27FN2O4/c1-24(15-26-23(28)16-7-10-18(25)11-8-16)14-20(27-31-24)17-9-12-21(29-2)22(13-17)30-19-5-3-4-6-19/h7-14,19,27H,3-6,15H2,1-2H3,(H,26,28). The Bertz CT molecular complexity index is 970. The molecule has 1 unspecified atom stereocenters. The van der Waals surface area contributed by atoms with Crippen LogP contribution in [-0.2, 0) is 4.84 Å². The number of hydrogen-bond donors (Lipinski definition) is 2. The first-order valence-electron chi connectivity index (χ1n) is 10.5. The van der Waals surface area contributed by atoms with Gasteiger partial charge in [-0.05, 0) is 81.1 Å². The molecule has 1 fully saturated rings. The molecular formula is C24H27FN2O4. The van der Waals surface area contributed by atoms with E-state index in [-0.39, 0.29) is 24.4 Å². The van der Waals surface area contributed by atoms with Gasteiger partial charge in [0, 0.05) is 11.1 Å². The van der Waals surface area contributed by atoms with Crippen LogP contribution in [0.25, 0.3) is 5.70 Å². The quantitative estimate of drug-likeness (QED) is 0.694. The second-order valence-electron chi connectivity index (χ2n) is 8.15. The van der Waals surface area contributed by atoms with E-state index in [0.29, 0.717) is 17.1 Å². The summed E-state index contributed by atoms with van der Waals surface area (Å²) in [4.78, 5) is 18.1. The maximum atomic E-state index is 13.1. The average Bonchev–Trinajstić information content (AvgIpc) is 3.43. The summed E-state index contributed by atoms with van der Waals surface area (Å²) in [5.41, 5.74) is 4.30. The van der Waals surface area contributed by atoms with Crippen LogP contribution in [0.1, 0.15) is 48.5 Å². The third kappa shape index (κ3) is 4.99. The summed E-state index contributed by atoms with van der Waals surface area (Å²) in [5.74, 6) is 0.746. The van der Waals surface area contributed by atoms with E-state index >= 15 is 0 Å². The molecule has 2 aromatic carbocycles. The first-order chi connectivity index (χ1) is 15.0. The molecule has 1 amide bonds. The average molecular weight is 426 g/mol. The summed E-state index contributed by atoms with van der Waals surface area (Å²) < 4.78 is 24.7. The van der Waals surface area contributed by atoms with E-state index < -0.39 is 5.60 Å². The van der Waals surface area contributed by atoms with Crippen molar-refractivity contribution < 1.29 is 23.5 Å². The molecular weight excluding hydrogens is 399 g/mol. The Kier molecular flexibility index (Phi) is 6.13. The summed E-state index contributed by atoms with van der Waals surface area (Å²) >= 11 is 0. The lowest BCUT2D eigenvalue weighted by Gasteiger charge is -2.20. The lowest BCUT2D eigenvalue weighted by atomic mass is 10.0. The van der Waals surface area contributed by atoms with Crippen LogP contribution < -0.4 is 20.3 Å². The molecule has 0 aromatic heterocycles. The molecule has 1 heterocycles. The molecule has 31 heavy (non-hydrogen) atoms.